The molecule has 0 saturated heterocycles. The summed E-state index contributed by atoms with van der Waals surface area (Å²) in [5, 5.41) is 19.6. The van der Waals surface area contributed by atoms with Crippen LogP contribution in [0.5, 0.6) is 11.5 Å². The Hall–Kier alpha value is -1.71. The van der Waals surface area contributed by atoms with Gasteiger partial charge in [0.1, 0.15) is 0 Å². The summed E-state index contributed by atoms with van der Waals surface area (Å²) in [5.74, 6) is 0.106. The van der Waals surface area contributed by atoms with E-state index in [1.54, 1.807) is 6.07 Å². The molecular weight excluding hydrogens is 316 g/mol. The molecule has 0 aliphatic carbocycles. The summed E-state index contributed by atoms with van der Waals surface area (Å²) in [7, 11) is 0. The van der Waals surface area contributed by atoms with Gasteiger partial charge in [0.15, 0.2) is 11.5 Å². The molecule has 0 bridgehead atoms. The van der Waals surface area contributed by atoms with E-state index < -0.39 is 6.16 Å². The van der Waals surface area contributed by atoms with Crippen LogP contribution in [0.1, 0.15) is 88.8 Å². The Labute approximate surface area is 152 Å². The highest BCUT2D eigenvalue weighted by molar-refractivity contribution is 5.65. The lowest BCUT2D eigenvalue weighted by molar-refractivity contribution is 0.142. The van der Waals surface area contributed by atoms with Gasteiger partial charge in [-0.15, -0.1) is 0 Å². The van der Waals surface area contributed by atoms with Crippen LogP contribution in [0.4, 0.5) is 4.79 Å². The van der Waals surface area contributed by atoms with Gasteiger partial charge in [-0.1, -0.05) is 52.9 Å². The average molecular weight is 350 g/mol. The molecule has 2 N–H and O–H groups in total. The summed E-state index contributed by atoms with van der Waals surface area (Å²) in [6.45, 7) is 6.48. The van der Waals surface area contributed by atoms with Crippen molar-refractivity contribution in [1.29, 1.82) is 0 Å². The second-order valence-electron chi connectivity index (χ2n) is 6.73. The number of aryl methyl sites for hydroxylation is 1. The van der Waals surface area contributed by atoms with Crippen LogP contribution in [0.3, 0.4) is 0 Å². The van der Waals surface area contributed by atoms with Gasteiger partial charge in [-0.3, -0.25) is 0 Å². The normalized spacial score (nSPS) is 10.8. The minimum atomic E-state index is -1.38. The first-order valence-corrected chi connectivity index (χ1v) is 9.82. The zero-order valence-electron chi connectivity index (χ0n) is 16.1. The first-order valence-electron chi connectivity index (χ1n) is 9.82. The molecule has 0 atom stereocenters. The Morgan fingerprint density at radius 1 is 0.880 bits per heavy atom. The second kappa shape index (κ2) is 11.8. The van der Waals surface area contributed by atoms with Crippen LogP contribution in [-0.2, 0) is 19.3 Å². The number of hydrogen-bond donors (Lipinski definition) is 2. The minimum absolute atomic E-state index is 0.0175. The third-order valence-corrected chi connectivity index (χ3v) is 4.63. The van der Waals surface area contributed by atoms with Crippen molar-refractivity contribution < 1.29 is 19.7 Å². The van der Waals surface area contributed by atoms with Gasteiger partial charge in [0.05, 0.1) is 0 Å². The SMILES string of the molecule is CCCCCc1cc(OC(=O)O)c(O)c(CCCCC)c1CCCC. The lowest BCUT2D eigenvalue weighted by Gasteiger charge is -2.19. The number of rotatable bonds is 12. The molecule has 4 nitrogen and oxygen atoms in total. The number of ether oxygens (including phenoxy) is 1. The van der Waals surface area contributed by atoms with E-state index in [4.69, 9.17) is 9.84 Å². The molecule has 0 aromatic heterocycles. The van der Waals surface area contributed by atoms with Gasteiger partial charge in [0.2, 0.25) is 0 Å². The van der Waals surface area contributed by atoms with Crippen LogP contribution in [0, 0.1) is 0 Å². The standard InChI is InChI=1S/C21H34O4/c1-4-7-10-12-16-15-19(25-21(23)24)20(22)18(14-11-8-5-2)17(16)13-9-6-3/h15,22H,4-14H2,1-3H3,(H,23,24). The largest absolute Gasteiger partial charge is 0.511 e. The summed E-state index contributed by atoms with van der Waals surface area (Å²) < 4.78 is 4.87. The smallest absolute Gasteiger partial charge is 0.504 e. The van der Waals surface area contributed by atoms with Gasteiger partial charge in [0.25, 0.3) is 0 Å². The third kappa shape index (κ3) is 6.97. The Kier molecular flexibility index (Phi) is 10.0. The maximum atomic E-state index is 11.0. The van der Waals surface area contributed by atoms with E-state index in [1.165, 1.54) is 5.56 Å². The van der Waals surface area contributed by atoms with E-state index in [9.17, 15) is 9.90 Å². The van der Waals surface area contributed by atoms with Crippen molar-refractivity contribution in [3.8, 4) is 11.5 Å². The van der Waals surface area contributed by atoms with Crippen LogP contribution in [0.15, 0.2) is 6.07 Å². The van der Waals surface area contributed by atoms with Crippen LogP contribution in [-0.4, -0.2) is 16.4 Å². The van der Waals surface area contributed by atoms with E-state index in [0.717, 1.165) is 81.8 Å². The predicted molar refractivity (Wildman–Crippen MR) is 102 cm³/mol. The van der Waals surface area contributed by atoms with Crippen molar-refractivity contribution in [2.75, 3.05) is 0 Å². The molecule has 0 saturated carbocycles. The van der Waals surface area contributed by atoms with Crippen LogP contribution in [0.25, 0.3) is 0 Å². The molecule has 1 aromatic carbocycles. The molecule has 0 aliphatic rings. The molecule has 142 valence electrons. The molecule has 0 fully saturated rings. The quantitative estimate of drug-likeness (QED) is 0.265. The molecular formula is C21H34O4. The van der Waals surface area contributed by atoms with Crippen LogP contribution < -0.4 is 4.74 Å². The van der Waals surface area contributed by atoms with Gasteiger partial charge < -0.3 is 14.9 Å². The van der Waals surface area contributed by atoms with Gasteiger partial charge in [-0.05, 0) is 55.7 Å². The Bertz CT molecular complexity index is 537. The zero-order chi connectivity index (χ0) is 18.7. The summed E-state index contributed by atoms with van der Waals surface area (Å²) in [5.41, 5.74) is 3.25. The average Bonchev–Trinajstić information content (AvgIpc) is 2.57. The Morgan fingerprint density at radius 2 is 1.44 bits per heavy atom. The number of benzene rings is 1. The minimum Gasteiger partial charge on any atom is -0.504 e. The second-order valence-corrected chi connectivity index (χ2v) is 6.73. The first kappa shape index (κ1) is 21.3. The summed E-state index contributed by atoms with van der Waals surface area (Å²) in [4.78, 5) is 11.0. The van der Waals surface area contributed by atoms with E-state index in [2.05, 4.69) is 20.8 Å². The molecule has 0 amide bonds. The van der Waals surface area contributed by atoms with Crippen molar-refractivity contribution in [3.05, 3.63) is 22.8 Å². The molecule has 4 heteroatoms. The fourth-order valence-corrected chi connectivity index (χ4v) is 3.25. The van der Waals surface area contributed by atoms with E-state index >= 15 is 0 Å². The van der Waals surface area contributed by atoms with Crippen molar-refractivity contribution in [2.45, 2.75) is 91.4 Å². The van der Waals surface area contributed by atoms with Gasteiger partial charge in [0, 0.05) is 5.56 Å². The van der Waals surface area contributed by atoms with Gasteiger partial charge >= 0.3 is 6.16 Å². The monoisotopic (exact) mass is 350 g/mol. The maximum Gasteiger partial charge on any atom is 0.511 e. The lowest BCUT2D eigenvalue weighted by atomic mass is 9.89. The van der Waals surface area contributed by atoms with Crippen molar-refractivity contribution in [1.82, 2.24) is 0 Å². The molecule has 0 heterocycles. The van der Waals surface area contributed by atoms with Gasteiger partial charge in [-0.25, -0.2) is 4.79 Å². The number of carbonyl (C=O) groups is 1. The van der Waals surface area contributed by atoms with E-state index in [1.807, 2.05) is 0 Å². The topological polar surface area (TPSA) is 66.8 Å². The summed E-state index contributed by atoms with van der Waals surface area (Å²) >= 11 is 0. The van der Waals surface area contributed by atoms with Gasteiger partial charge in [-0.2, -0.15) is 0 Å². The number of carboxylic acid groups (broad SMARTS) is 1. The molecule has 0 aliphatic heterocycles. The maximum absolute atomic E-state index is 11.0. The highest BCUT2D eigenvalue weighted by Gasteiger charge is 2.19. The zero-order valence-corrected chi connectivity index (χ0v) is 16.1. The number of hydrogen-bond acceptors (Lipinski definition) is 3. The summed E-state index contributed by atoms with van der Waals surface area (Å²) in [6, 6.07) is 1.74. The number of phenolic OH excluding ortho intramolecular Hbond substituents is 1. The highest BCUT2D eigenvalue weighted by Crippen LogP contribution is 2.38. The molecule has 0 radical (unpaired) electrons. The molecule has 1 aromatic rings. The number of aromatic hydroxyl groups is 1. The molecule has 1 rings (SSSR count). The van der Waals surface area contributed by atoms with Crippen LogP contribution in [0.2, 0.25) is 0 Å². The molecule has 0 spiro atoms. The third-order valence-electron chi connectivity index (χ3n) is 4.63. The van der Waals surface area contributed by atoms with Crippen LogP contribution >= 0.6 is 0 Å². The molecule has 25 heavy (non-hydrogen) atoms. The van der Waals surface area contributed by atoms with E-state index in [0.29, 0.717) is 0 Å². The summed E-state index contributed by atoms with van der Waals surface area (Å²) in [6.07, 6.45) is 9.96. The van der Waals surface area contributed by atoms with Crippen molar-refractivity contribution in [3.63, 3.8) is 0 Å². The number of unbranched alkanes of at least 4 members (excludes halogenated alkanes) is 5. The van der Waals surface area contributed by atoms with Crippen molar-refractivity contribution in [2.24, 2.45) is 0 Å². The Morgan fingerprint density at radius 3 is 2.00 bits per heavy atom. The molecule has 0 unspecified atom stereocenters. The number of phenols is 1. The lowest BCUT2D eigenvalue weighted by Crippen LogP contribution is -2.08. The van der Waals surface area contributed by atoms with E-state index in [-0.39, 0.29) is 11.5 Å². The first-order chi connectivity index (χ1) is 12.0. The van der Waals surface area contributed by atoms with Crippen molar-refractivity contribution >= 4 is 6.16 Å². The Balaban J connectivity index is 3.26. The predicted octanol–water partition coefficient (Wildman–Crippen LogP) is 6.26. The fourth-order valence-electron chi connectivity index (χ4n) is 3.25. The highest BCUT2D eigenvalue weighted by atomic mass is 16.7. The fraction of sp³-hybridized carbons (Fsp3) is 0.667.